The van der Waals surface area contributed by atoms with Gasteiger partial charge < -0.3 is 16.3 Å². The molecule has 0 saturated carbocycles. The molecule has 0 saturated heterocycles. The van der Waals surface area contributed by atoms with E-state index in [1.807, 2.05) is 30.3 Å². The van der Waals surface area contributed by atoms with Gasteiger partial charge in [-0.15, -0.1) is 0 Å². The summed E-state index contributed by atoms with van der Waals surface area (Å²) in [4.78, 5) is 44.5. The van der Waals surface area contributed by atoms with Crippen LogP contribution in [0, 0.1) is 11.8 Å². The fourth-order valence-electron chi connectivity index (χ4n) is 5.20. The molecule has 0 aliphatic carbocycles. The maximum Gasteiger partial charge on any atom is 0.248 e. The molecule has 0 heterocycles. The van der Waals surface area contributed by atoms with Crippen molar-refractivity contribution in [1.82, 2.24) is 0 Å². The summed E-state index contributed by atoms with van der Waals surface area (Å²) in [5, 5.41) is 0. The molecule has 1 aromatic carbocycles. The van der Waals surface area contributed by atoms with E-state index in [9.17, 15) is 19.2 Å². The lowest BCUT2D eigenvalue weighted by molar-refractivity contribution is -0.117. The number of unbranched alkanes of at least 4 members (excludes halogenated alkanes) is 2. The Bertz CT molecular complexity index is 1190. The summed E-state index contributed by atoms with van der Waals surface area (Å²) in [5.41, 5.74) is 15.5. The average Bonchev–Trinajstić information content (AvgIpc) is 3.11. The Hall–Kier alpha value is -3.38. The molecular weight excluding hydrogens is 645 g/mol. The number of benzene rings is 1. The zero-order valence-corrected chi connectivity index (χ0v) is 34.9. The number of ketones is 3. The van der Waals surface area contributed by atoms with E-state index >= 15 is 0 Å². The highest BCUT2D eigenvalue weighted by molar-refractivity contribution is 5.97. The largest absolute Gasteiger partial charge is 0.366 e. The van der Waals surface area contributed by atoms with Crippen LogP contribution in [-0.4, -0.2) is 29.8 Å². The van der Waals surface area contributed by atoms with Crippen LogP contribution in [0.3, 0.4) is 0 Å². The highest BCUT2D eigenvalue weighted by Gasteiger charge is 2.12. The van der Waals surface area contributed by atoms with E-state index in [0.717, 1.165) is 56.1 Å². The van der Waals surface area contributed by atoms with Gasteiger partial charge in [-0.05, 0) is 114 Å². The molecule has 0 aliphatic heterocycles. The first kappa shape index (κ1) is 53.0. The number of carbonyl (C=O) groups excluding carboxylic acids is 4. The molecular formula is C46H78N2O4. The normalized spacial score (nSPS) is 11.5. The molecule has 1 aromatic rings. The van der Waals surface area contributed by atoms with E-state index in [2.05, 4.69) is 67.7 Å². The van der Waals surface area contributed by atoms with Crippen LogP contribution in [-0.2, 0) is 20.8 Å². The van der Waals surface area contributed by atoms with Gasteiger partial charge in [0, 0.05) is 24.0 Å². The Morgan fingerprint density at radius 1 is 0.731 bits per heavy atom. The highest BCUT2D eigenvalue weighted by Crippen LogP contribution is 2.24. The van der Waals surface area contributed by atoms with E-state index in [-0.39, 0.29) is 17.3 Å². The van der Waals surface area contributed by atoms with Crippen LogP contribution >= 0.6 is 0 Å². The van der Waals surface area contributed by atoms with E-state index in [1.165, 1.54) is 62.7 Å². The number of carbonyl (C=O) groups is 4. The molecule has 1 amide bonds. The Balaban J connectivity index is -0.00000116. The van der Waals surface area contributed by atoms with Crippen LogP contribution in [0.15, 0.2) is 72.4 Å². The molecule has 6 heteroatoms. The molecule has 1 atom stereocenters. The van der Waals surface area contributed by atoms with Gasteiger partial charge in [0.1, 0.15) is 5.78 Å². The van der Waals surface area contributed by atoms with Crippen molar-refractivity contribution in [3.8, 4) is 0 Å². The Labute approximate surface area is 320 Å². The number of Topliss-reactive ketones (excluding diaryl/α,β-unsaturated/α-hetero) is 2. The first-order chi connectivity index (χ1) is 24.7. The number of nitrogens with two attached hydrogens (primary N) is 2. The van der Waals surface area contributed by atoms with Crippen molar-refractivity contribution >= 4 is 23.3 Å². The van der Waals surface area contributed by atoms with Crippen LogP contribution in [0.1, 0.15) is 175 Å². The monoisotopic (exact) mass is 723 g/mol. The SMILES string of the molecule is C=C(CCCc1ccc(C(=O)CCC(C)CCC)cc1)/C(=C\C=C(/C)C(CCC)CCC)C(N)=O.C=CC(C)=O.CC(=O)CCCCN.CCCC. The third-order valence-corrected chi connectivity index (χ3v) is 8.71. The van der Waals surface area contributed by atoms with Gasteiger partial charge >= 0.3 is 0 Å². The summed E-state index contributed by atoms with van der Waals surface area (Å²) in [6, 6.07) is 7.98. The highest BCUT2D eigenvalue weighted by atomic mass is 16.1. The minimum absolute atomic E-state index is 0.0185. The molecule has 0 spiro atoms. The number of hydrogen-bond acceptors (Lipinski definition) is 5. The molecule has 6 nitrogen and oxygen atoms in total. The number of primary amides is 1. The van der Waals surface area contributed by atoms with Gasteiger partial charge in [0.2, 0.25) is 5.91 Å². The van der Waals surface area contributed by atoms with E-state index in [1.54, 1.807) is 6.92 Å². The number of allylic oxidation sites excluding steroid dienone is 4. The zero-order chi connectivity index (χ0) is 40.3. The van der Waals surface area contributed by atoms with Crippen molar-refractivity contribution in [3.63, 3.8) is 0 Å². The smallest absolute Gasteiger partial charge is 0.248 e. The van der Waals surface area contributed by atoms with E-state index in [0.29, 0.717) is 43.2 Å². The van der Waals surface area contributed by atoms with Gasteiger partial charge in [-0.2, -0.15) is 0 Å². The Kier molecular flexibility index (Phi) is 36.7. The van der Waals surface area contributed by atoms with Crippen molar-refractivity contribution < 1.29 is 19.2 Å². The average molecular weight is 723 g/mol. The van der Waals surface area contributed by atoms with Gasteiger partial charge in [-0.3, -0.25) is 14.4 Å². The maximum atomic E-state index is 12.5. The second-order valence-electron chi connectivity index (χ2n) is 13.9. The van der Waals surface area contributed by atoms with Crippen LogP contribution in [0.5, 0.6) is 0 Å². The second-order valence-corrected chi connectivity index (χ2v) is 13.9. The van der Waals surface area contributed by atoms with Crippen LogP contribution in [0.4, 0.5) is 0 Å². The Morgan fingerprint density at radius 2 is 1.27 bits per heavy atom. The van der Waals surface area contributed by atoms with Crippen molar-refractivity contribution in [2.45, 2.75) is 165 Å². The lowest BCUT2D eigenvalue weighted by Gasteiger charge is -2.16. The van der Waals surface area contributed by atoms with Gasteiger partial charge in [-0.25, -0.2) is 0 Å². The third-order valence-electron chi connectivity index (χ3n) is 8.71. The molecule has 0 aliphatic rings. The van der Waals surface area contributed by atoms with E-state index in [4.69, 9.17) is 11.5 Å². The van der Waals surface area contributed by atoms with Crippen LogP contribution in [0.25, 0.3) is 0 Å². The molecule has 0 radical (unpaired) electrons. The second kappa shape index (κ2) is 36.0. The standard InChI is InChI=1S/C32H49NO2.C6H13NO.C4H6O.C4H10/c1-7-11-24(4)16-23-31(34)29-20-18-27(19-21-29)15-10-14-26(6)30(32(33)35)22-17-25(5)28(12-8-2)13-9-3;1-6(8)4-2-3-5-7;1-3-4(2)5;1-3-4-2/h17-22,24,28H,6-16,23H2,1-5H3,(H2,33,35);2-5,7H2,1H3;3H,1H2,2H3;3-4H2,1-2H3/b25-17+,30-22+;;;. The summed E-state index contributed by atoms with van der Waals surface area (Å²) in [6.45, 7) is 26.5. The fourth-order valence-corrected chi connectivity index (χ4v) is 5.20. The fraction of sp³-hybridized carbons (Fsp3) is 0.609. The lowest BCUT2D eigenvalue weighted by Crippen LogP contribution is -2.15. The topological polar surface area (TPSA) is 120 Å². The zero-order valence-electron chi connectivity index (χ0n) is 34.9. The molecule has 1 unspecified atom stereocenters. The molecule has 4 N–H and O–H groups in total. The summed E-state index contributed by atoms with van der Waals surface area (Å²) in [6.07, 6.45) is 21.5. The van der Waals surface area contributed by atoms with Gasteiger partial charge in [0.25, 0.3) is 0 Å². The molecule has 1 rings (SSSR count). The van der Waals surface area contributed by atoms with Crippen LogP contribution in [0.2, 0.25) is 0 Å². The predicted molar refractivity (Wildman–Crippen MR) is 226 cm³/mol. The molecule has 0 bridgehead atoms. The quantitative estimate of drug-likeness (QED) is 0.0476. The minimum atomic E-state index is -0.419. The minimum Gasteiger partial charge on any atom is -0.366 e. The molecule has 296 valence electrons. The van der Waals surface area contributed by atoms with Crippen molar-refractivity contribution in [2.75, 3.05) is 6.54 Å². The van der Waals surface area contributed by atoms with Crippen molar-refractivity contribution in [3.05, 3.63) is 83.5 Å². The van der Waals surface area contributed by atoms with Crippen LogP contribution < -0.4 is 11.5 Å². The first-order valence-electron chi connectivity index (χ1n) is 20.0. The van der Waals surface area contributed by atoms with Gasteiger partial charge in [0.15, 0.2) is 11.6 Å². The number of amides is 1. The third kappa shape index (κ3) is 31.4. The van der Waals surface area contributed by atoms with Crippen molar-refractivity contribution in [2.24, 2.45) is 23.3 Å². The Morgan fingerprint density at radius 3 is 1.69 bits per heavy atom. The summed E-state index contributed by atoms with van der Waals surface area (Å²) >= 11 is 0. The number of hydrogen-bond donors (Lipinski definition) is 2. The van der Waals surface area contributed by atoms with Gasteiger partial charge in [-0.1, -0.05) is 129 Å². The first-order valence-corrected chi connectivity index (χ1v) is 20.0. The number of aryl methyl sites for hydroxylation is 1. The summed E-state index contributed by atoms with van der Waals surface area (Å²) < 4.78 is 0. The summed E-state index contributed by atoms with van der Waals surface area (Å²) in [5.74, 6) is 1.25. The predicted octanol–water partition coefficient (Wildman–Crippen LogP) is 11.8. The molecule has 52 heavy (non-hydrogen) atoms. The maximum absolute atomic E-state index is 12.5. The molecule has 0 aromatic heterocycles. The number of rotatable bonds is 24. The summed E-state index contributed by atoms with van der Waals surface area (Å²) in [7, 11) is 0. The lowest BCUT2D eigenvalue weighted by atomic mass is 9.90. The van der Waals surface area contributed by atoms with Crippen molar-refractivity contribution in [1.29, 1.82) is 0 Å². The van der Waals surface area contributed by atoms with E-state index < -0.39 is 5.91 Å². The van der Waals surface area contributed by atoms with Gasteiger partial charge in [0.05, 0.1) is 0 Å². The molecule has 0 fully saturated rings.